The van der Waals surface area contributed by atoms with Gasteiger partial charge >= 0.3 is 0 Å². The van der Waals surface area contributed by atoms with Crippen LogP contribution >= 0.6 is 22.6 Å². The van der Waals surface area contributed by atoms with Crippen LogP contribution in [0.5, 0.6) is 0 Å². The van der Waals surface area contributed by atoms with Gasteiger partial charge in [-0.25, -0.2) is 0 Å². The van der Waals surface area contributed by atoms with Crippen LogP contribution in [-0.2, 0) is 17.6 Å². The molecule has 0 atom stereocenters. The van der Waals surface area contributed by atoms with Gasteiger partial charge in [0.05, 0.1) is 12.7 Å². The quantitative estimate of drug-likeness (QED) is 0.635. The van der Waals surface area contributed by atoms with E-state index in [0.29, 0.717) is 6.42 Å². The minimum atomic E-state index is -0.0356. The summed E-state index contributed by atoms with van der Waals surface area (Å²) in [5.74, 6) is -0.0356. The SMILES string of the molecule is CCc1ccc2occ(CC(=O)Nc3cccc(I)c3)c2c1. The highest BCUT2D eigenvalue weighted by Gasteiger charge is 2.11. The van der Waals surface area contributed by atoms with Crippen LogP contribution in [0.3, 0.4) is 0 Å². The van der Waals surface area contributed by atoms with Crippen molar-refractivity contribution in [1.29, 1.82) is 0 Å². The molecule has 1 amide bonds. The van der Waals surface area contributed by atoms with Crippen molar-refractivity contribution in [2.75, 3.05) is 5.32 Å². The number of benzene rings is 2. The average Bonchev–Trinajstić information content (AvgIpc) is 2.89. The predicted octanol–water partition coefficient (Wildman–Crippen LogP) is 4.78. The number of rotatable bonds is 4. The minimum Gasteiger partial charge on any atom is -0.464 e. The monoisotopic (exact) mass is 405 g/mol. The lowest BCUT2D eigenvalue weighted by molar-refractivity contribution is -0.115. The van der Waals surface area contributed by atoms with Gasteiger partial charge in [0.15, 0.2) is 0 Å². The topological polar surface area (TPSA) is 42.2 Å². The number of anilines is 1. The molecule has 0 radical (unpaired) electrons. The zero-order chi connectivity index (χ0) is 15.5. The third kappa shape index (κ3) is 3.32. The molecule has 1 heterocycles. The number of hydrogen-bond donors (Lipinski definition) is 1. The van der Waals surface area contributed by atoms with Crippen LogP contribution in [0.4, 0.5) is 5.69 Å². The summed E-state index contributed by atoms with van der Waals surface area (Å²) in [7, 11) is 0. The van der Waals surface area contributed by atoms with Gasteiger partial charge in [-0.3, -0.25) is 4.79 Å². The van der Waals surface area contributed by atoms with Crippen molar-refractivity contribution in [3.8, 4) is 0 Å². The van der Waals surface area contributed by atoms with E-state index in [1.165, 1.54) is 5.56 Å². The molecule has 4 heteroatoms. The minimum absolute atomic E-state index is 0.0356. The van der Waals surface area contributed by atoms with Crippen molar-refractivity contribution < 1.29 is 9.21 Å². The number of hydrogen-bond acceptors (Lipinski definition) is 2. The van der Waals surface area contributed by atoms with E-state index in [9.17, 15) is 4.79 Å². The highest BCUT2D eigenvalue weighted by molar-refractivity contribution is 14.1. The molecule has 0 fully saturated rings. The molecule has 2 aromatic carbocycles. The number of carbonyl (C=O) groups is 1. The van der Waals surface area contributed by atoms with E-state index in [2.05, 4.69) is 47.0 Å². The van der Waals surface area contributed by atoms with E-state index in [-0.39, 0.29) is 5.91 Å². The van der Waals surface area contributed by atoms with Crippen molar-refractivity contribution in [3.63, 3.8) is 0 Å². The van der Waals surface area contributed by atoms with Gasteiger partial charge in [-0.2, -0.15) is 0 Å². The lowest BCUT2D eigenvalue weighted by atomic mass is 10.1. The van der Waals surface area contributed by atoms with Crippen LogP contribution in [0.15, 0.2) is 53.1 Å². The van der Waals surface area contributed by atoms with E-state index in [1.807, 2.05) is 30.3 Å². The van der Waals surface area contributed by atoms with E-state index in [0.717, 1.165) is 32.2 Å². The van der Waals surface area contributed by atoms with E-state index in [1.54, 1.807) is 6.26 Å². The van der Waals surface area contributed by atoms with E-state index in [4.69, 9.17) is 4.42 Å². The first-order valence-corrected chi connectivity index (χ1v) is 8.28. The Kier molecular flexibility index (Phi) is 4.47. The highest BCUT2D eigenvalue weighted by Crippen LogP contribution is 2.23. The highest BCUT2D eigenvalue weighted by atomic mass is 127. The van der Waals surface area contributed by atoms with Gasteiger partial charge in [0, 0.05) is 20.2 Å². The van der Waals surface area contributed by atoms with Crippen LogP contribution in [0.2, 0.25) is 0 Å². The van der Waals surface area contributed by atoms with Gasteiger partial charge in [0.25, 0.3) is 0 Å². The molecule has 1 aromatic heterocycles. The molecular weight excluding hydrogens is 389 g/mol. The van der Waals surface area contributed by atoms with Crippen LogP contribution < -0.4 is 5.32 Å². The fourth-order valence-electron chi connectivity index (χ4n) is 2.43. The van der Waals surface area contributed by atoms with Gasteiger partial charge in [-0.05, 0) is 64.9 Å². The van der Waals surface area contributed by atoms with Crippen molar-refractivity contribution >= 4 is 45.2 Å². The summed E-state index contributed by atoms with van der Waals surface area (Å²) in [4.78, 5) is 12.2. The fraction of sp³-hybridized carbons (Fsp3) is 0.167. The Morgan fingerprint density at radius 1 is 1.23 bits per heavy atom. The summed E-state index contributed by atoms with van der Waals surface area (Å²) < 4.78 is 6.63. The second-order valence-electron chi connectivity index (χ2n) is 5.18. The van der Waals surface area contributed by atoms with Crippen molar-refractivity contribution in [2.24, 2.45) is 0 Å². The molecule has 0 saturated heterocycles. The molecule has 0 bridgehead atoms. The second kappa shape index (κ2) is 6.52. The summed E-state index contributed by atoms with van der Waals surface area (Å²) in [5, 5.41) is 3.95. The summed E-state index contributed by atoms with van der Waals surface area (Å²) in [6.07, 6.45) is 2.96. The number of fused-ring (bicyclic) bond motifs is 1. The molecule has 3 rings (SSSR count). The molecule has 22 heavy (non-hydrogen) atoms. The molecule has 0 aliphatic rings. The Labute approximate surface area is 142 Å². The Morgan fingerprint density at radius 3 is 2.86 bits per heavy atom. The van der Waals surface area contributed by atoms with Crippen LogP contribution in [0.1, 0.15) is 18.1 Å². The van der Waals surface area contributed by atoms with E-state index < -0.39 is 0 Å². The molecule has 0 aliphatic carbocycles. The van der Waals surface area contributed by atoms with Crippen molar-refractivity contribution in [3.05, 3.63) is 63.4 Å². The third-order valence-electron chi connectivity index (χ3n) is 3.59. The summed E-state index contributed by atoms with van der Waals surface area (Å²) >= 11 is 2.23. The second-order valence-corrected chi connectivity index (χ2v) is 6.43. The van der Waals surface area contributed by atoms with Gasteiger partial charge in [-0.1, -0.05) is 19.1 Å². The maximum absolute atomic E-state index is 12.2. The molecule has 0 aliphatic heterocycles. The van der Waals surface area contributed by atoms with Gasteiger partial charge in [0.1, 0.15) is 5.58 Å². The molecule has 0 unspecified atom stereocenters. The molecule has 1 N–H and O–H groups in total. The summed E-state index contributed by atoms with van der Waals surface area (Å²) in [5.41, 5.74) is 3.81. The maximum atomic E-state index is 12.2. The largest absolute Gasteiger partial charge is 0.464 e. The summed E-state index contributed by atoms with van der Waals surface area (Å²) in [6.45, 7) is 2.12. The van der Waals surface area contributed by atoms with Crippen LogP contribution in [-0.4, -0.2) is 5.91 Å². The first-order chi connectivity index (χ1) is 10.7. The lowest BCUT2D eigenvalue weighted by Gasteiger charge is -2.05. The smallest absolute Gasteiger partial charge is 0.228 e. The Hall–Kier alpha value is -1.82. The summed E-state index contributed by atoms with van der Waals surface area (Å²) in [6, 6.07) is 13.9. The number of aryl methyl sites for hydroxylation is 1. The maximum Gasteiger partial charge on any atom is 0.228 e. The zero-order valence-corrected chi connectivity index (χ0v) is 14.4. The zero-order valence-electron chi connectivity index (χ0n) is 12.2. The predicted molar refractivity (Wildman–Crippen MR) is 97.1 cm³/mol. The fourth-order valence-corrected chi connectivity index (χ4v) is 2.97. The number of nitrogens with one attached hydrogen (secondary N) is 1. The molecule has 0 spiro atoms. The van der Waals surface area contributed by atoms with Crippen molar-refractivity contribution in [2.45, 2.75) is 19.8 Å². The first kappa shape index (κ1) is 15.1. The standard InChI is InChI=1S/C18H16INO2/c1-2-12-6-7-17-16(8-12)13(11-22-17)9-18(21)20-15-5-3-4-14(19)10-15/h3-8,10-11H,2,9H2,1H3,(H,20,21). The molecule has 3 nitrogen and oxygen atoms in total. The molecule has 0 saturated carbocycles. The Bertz CT molecular complexity index is 823. The number of carbonyl (C=O) groups excluding carboxylic acids is 1. The lowest BCUT2D eigenvalue weighted by Crippen LogP contribution is -2.14. The van der Waals surface area contributed by atoms with Gasteiger partial charge in [-0.15, -0.1) is 0 Å². The number of amides is 1. The van der Waals surface area contributed by atoms with Gasteiger partial charge in [0.2, 0.25) is 5.91 Å². The Morgan fingerprint density at radius 2 is 2.09 bits per heavy atom. The average molecular weight is 405 g/mol. The van der Waals surface area contributed by atoms with Crippen molar-refractivity contribution in [1.82, 2.24) is 0 Å². The number of furan rings is 1. The third-order valence-corrected chi connectivity index (χ3v) is 4.26. The van der Waals surface area contributed by atoms with Crippen LogP contribution in [0, 0.1) is 3.57 Å². The molecule has 3 aromatic rings. The number of halogens is 1. The Balaban J connectivity index is 1.79. The molecule has 112 valence electrons. The van der Waals surface area contributed by atoms with Crippen LogP contribution in [0.25, 0.3) is 11.0 Å². The first-order valence-electron chi connectivity index (χ1n) is 7.20. The molecular formula is C18H16INO2. The van der Waals surface area contributed by atoms with E-state index >= 15 is 0 Å². The van der Waals surface area contributed by atoms with Gasteiger partial charge < -0.3 is 9.73 Å². The normalized spacial score (nSPS) is 10.8.